The predicted octanol–water partition coefficient (Wildman–Crippen LogP) is 2.12. The third-order valence-electron chi connectivity index (χ3n) is 3.22. The number of rotatable bonds is 5. The maximum atomic E-state index is 5.69. The molecule has 1 aromatic carbocycles. The number of benzene rings is 1. The minimum atomic E-state index is 0.366. The highest BCUT2D eigenvalue weighted by Gasteiger charge is 2.10. The molecule has 21 heavy (non-hydrogen) atoms. The van der Waals surface area contributed by atoms with Crippen molar-refractivity contribution in [2.24, 2.45) is 7.05 Å². The highest BCUT2D eigenvalue weighted by molar-refractivity contribution is 5.86. The summed E-state index contributed by atoms with van der Waals surface area (Å²) < 4.78 is 7.42. The number of hydrogen-bond acceptors (Lipinski definition) is 5. The summed E-state index contributed by atoms with van der Waals surface area (Å²) in [5.41, 5.74) is 1.93. The molecule has 6 heteroatoms. The average molecular weight is 283 g/mol. The van der Waals surface area contributed by atoms with Crippen molar-refractivity contribution in [3.8, 4) is 0 Å². The lowest BCUT2D eigenvalue weighted by Gasteiger charge is -2.07. The fraction of sp³-hybridized carbons (Fsp3) is 0.267. The molecule has 0 saturated carbocycles. The molecule has 6 nitrogen and oxygen atoms in total. The third-order valence-corrected chi connectivity index (χ3v) is 3.22. The monoisotopic (exact) mass is 283 g/mol. The second-order valence-electron chi connectivity index (χ2n) is 4.72. The third kappa shape index (κ3) is 2.85. The van der Waals surface area contributed by atoms with Gasteiger partial charge < -0.3 is 10.1 Å². The Kier molecular flexibility index (Phi) is 3.79. The molecule has 0 aliphatic carbocycles. The highest BCUT2D eigenvalue weighted by Crippen LogP contribution is 2.19. The number of aryl methyl sites for hydroxylation is 1. The van der Waals surface area contributed by atoms with E-state index in [1.165, 1.54) is 0 Å². The Morgan fingerprint density at radius 2 is 1.95 bits per heavy atom. The summed E-state index contributed by atoms with van der Waals surface area (Å²) >= 11 is 0. The van der Waals surface area contributed by atoms with Crippen molar-refractivity contribution in [3.05, 3.63) is 47.9 Å². The first-order valence-electron chi connectivity index (χ1n) is 6.76. The van der Waals surface area contributed by atoms with Crippen LogP contribution in [0.25, 0.3) is 11.0 Å². The van der Waals surface area contributed by atoms with E-state index in [-0.39, 0.29) is 0 Å². The molecule has 0 atom stereocenters. The molecule has 2 aromatic heterocycles. The van der Waals surface area contributed by atoms with Gasteiger partial charge in [-0.25, -0.2) is 9.97 Å². The lowest BCUT2D eigenvalue weighted by atomic mass is 10.2. The lowest BCUT2D eigenvalue weighted by molar-refractivity contribution is 0.102. The Morgan fingerprint density at radius 1 is 1.14 bits per heavy atom. The van der Waals surface area contributed by atoms with Crippen LogP contribution in [0.15, 0.2) is 36.5 Å². The molecule has 0 amide bonds. The van der Waals surface area contributed by atoms with Gasteiger partial charge in [-0.05, 0) is 5.56 Å². The second-order valence-corrected chi connectivity index (χ2v) is 4.72. The zero-order valence-electron chi connectivity index (χ0n) is 12.1. The van der Waals surface area contributed by atoms with Gasteiger partial charge in [-0.2, -0.15) is 5.10 Å². The summed E-state index contributed by atoms with van der Waals surface area (Å²) in [6.45, 7) is 0.910. The van der Waals surface area contributed by atoms with E-state index in [9.17, 15) is 0 Å². The van der Waals surface area contributed by atoms with Crippen LogP contribution in [-0.2, 0) is 25.0 Å². The summed E-state index contributed by atoms with van der Waals surface area (Å²) in [5, 5.41) is 8.19. The molecule has 0 saturated heterocycles. The van der Waals surface area contributed by atoms with Crippen LogP contribution >= 0.6 is 0 Å². The SMILES string of the molecule is CNc1nc(COCc2ccccc2)nc2c1cnn2C. The van der Waals surface area contributed by atoms with E-state index in [1.54, 1.807) is 10.9 Å². The average Bonchev–Trinajstić information content (AvgIpc) is 2.89. The van der Waals surface area contributed by atoms with Crippen molar-refractivity contribution < 1.29 is 4.74 Å². The van der Waals surface area contributed by atoms with Crippen LogP contribution in [0.5, 0.6) is 0 Å². The van der Waals surface area contributed by atoms with Crippen molar-refractivity contribution in [1.82, 2.24) is 19.7 Å². The molecule has 2 heterocycles. The van der Waals surface area contributed by atoms with E-state index >= 15 is 0 Å². The summed E-state index contributed by atoms with van der Waals surface area (Å²) in [7, 11) is 3.70. The Balaban J connectivity index is 1.76. The number of aromatic nitrogens is 4. The van der Waals surface area contributed by atoms with Crippen molar-refractivity contribution in [3.63, 3.8) is 0 Å². The highest BCUT2D eigenvalue weighted by atomic mass is 16.5. The van der Waals surface area contributed by atoms with Crippen LogP contribution in [0.1, 0.15) is 11.4 Å². The van der Waals surface area contributed by atoms with Crippen LogP contribution in [-0.4, -0.2) is 26.8 Å². The molecule has 0 radical (unpaired) electrons. The van der Waals surface area contributed by atoms with E-state index in [0.29, 0.717) is 19.0 Å². The maximum absolute atomic E-state index is 5.69. The van der Waals surface area contributed by atoms with Crippen molar-refractivity contribution in [1.29, 1.82) is 0 Å². The van der Waals surface area contributed by atoms with Gasteiger partial charge in [0.15, 0.2) is 11.5 Å². The van der Waals surface area contributed by atoms with Gasteiger partial charge in [-0.1, -0.05) is 30.3 Å². The minimum absolute atomic E-state index is 0.366. The van der Waals surface area contributed by atoms with Gasteiger partial charge >= 0.3 is 0 Å². The van der Waals surface area contributed by atoms with Crippen LogP contribution in [0.2, 0.25) is 0 Å². The van der Waals surface area contributed by atoms with Crippen LogP contribution in [0.4, 0.5) is 5.82 Å². The Hall–Kier alpha value is -2.47. The fourth-order valence-electron chi connectivity index (χ4n) is 2.16. The van der Waals surface area contributed by atoms with Gasteiger partial charge in [0.25, 0.3) is 0 Å². The topological polar surface area (TPSA) is 64.9 Å². The number of anilines is 1. The van der Waals surface area contributed by atoms with Crippen LogP contribution < -0.4 is 5.32 Å². The quantitative estimate of drug-likeness (QED) is 0.777. The van der Waals surface area contributed by atoms with Gasteiger partial charge in [0.05, 0.1) is 18.2 Å². The molecular weight excluding hydrogens is 266 g/mol. The molecule has 0 aliphatic heterocycles. The van der Waals surface area contributed by atoms with Crippen molar-refractivity contribution >= 4 is 16.9 Å². The molecule has 108 valence electrons. The van der Waals surface area contributed by atoms with Gasteiger partial charge in [0.2, 0.25) is 0 Å². The molecule has 0 fully saturated rings. The summed E-state index contributed by atoms with van der Waals surface area (Å²) in [6, 6.07) is 10.0. The second kappa shape index (κ2) is 5.88. The Morgan fingerprint density at radius 3 is 2.71 bits per heavy atom. The zero-order valence-corrected chi connectivity index (χ0v) is 12.1. The van der Waals surface area contributed by atoms with E-state index < -0.39 is 0 Å². The number of nitrogens with one attached hydrogen (secondary N) is 1. The maximum Gasteiger partial charge on any atom is 0.163 e. The summed E-state index contributed by atoms with van der Waals surface area (Å²) in [6.07, 6.45) is 1.76. The van der Waals surface area contributed by atoms with Gasteiger partial charge in [-0.15, -0.1) is 0 Å². The largest absolute Gasteiger partial charge is 0.372 e. The van der Waals surface area contributed by atoms with E-state index in [2.05, 4.69) is 20.4 Å². The van der Waals surface area contributed by atoms with E-state index in [1.807, 2.05) is 44.4 Å². The normalized spacial score (nSPS) is 11.0. The van der Waals surface area contributed by atoms with Gasteiger partial charge in [-0.3, -0.25) is 4.68 Å². The number of hydrogen-bond donors (Lipinski definition) is 1. The van der Waals surface area contributed by atoms with Gasteiger partial charge in [0, 0.05) is 14.1 Å². The first-order chi connectivity index (χ1) is 10.3. The molecule has 3 rings (SSSR count). The minimum Gasteiger partial charge on any atom is -0.372 e. The van der Waals surface area contributed by atoms with Crippen LogP contribution in [0, 0.1) is 0 Å². The summed E-state index contributed by atoms with van der Waals surface area (Å²) in [4.78, 5) is 8.96. The smallest absolute Gasteiger partial charge is 0.163 e. The molecule has 3 aromatic rings. The van der Waals surface area contributed by atoms with E-state index in [0.717, 1.165) is 22.4 Å². The molecule has 0 unspecified atom stereocenters. The zero-order chi connectivity index (χ0) is 14.7. The first kappa shape index (κ1) is 13.5. The molecule has 1 N–H and O–H groups in total. The van der Waals surface area contributed by atoms with E-state index in [4.69, 9.17) is 4.74 Å². The number of nitrogens with zero attached hydrogens (tertiary/aromatic N) is 4. The lowest BCUT2D eigenvalue weighted by Crippen LogP contribution is -2.05. The molecule has 0 aliphatic rings. The Labute approximate surface area is 122 Å². The summed E-state index contributed by atoms with van der Waals surface area (Å²) in [5.74, 6) is 1.41. The van der Waals surface area contributed by atoms with Gasteiger partial charge in [0.1, 0.15) is 12.4 Å². The van der Waals surface area contributed by atoms with Crippen molar-refractivity contribution in [2.45, 2.75) is 13.2 Å². The molecular formula is C15H17N5O. The number of fused-ring (bicyclic) bond motifs is 1. The molecule has 0 spiro atoms. The Bertz CT molecular complexity index is 738. The van der Waals surface area contributed by atoms with Crippen LogP contribution in [0.3, 0.4) is 0 Å². The fourth-order valence-corrected chi connectivity index (χ4v) is 2.16. The number of ether oxygens (including phenoxy) is 1. The van der Waals surface area contributed by atoms with Crippen molar-refractivity contribution in [2.75, 3.05) is 12.4 Å². The standard InChI is InChI=1S/C15H17N5O/c1-16-14-12-8-17-20(2)15(12)19-13(18-14)10-21-9-11-6-4-3-5-7-11/h3-8H,9-10H2,1-2H3,(H,16,18,19). The predicted molar refractivity (Wildman–Crippen MR) is 80.8 cm³/mol. The first-order valence-corrected chi connectivity index (χ1v) is 6.76. The molecule has 0 bridgehead atoms.